The number of halogens is 3. The minimum Gasteiger partial charge on any atom is -0.486 e. The lowest BCUT2D eigenvalue weighted by Gasteiger charge is -2.30. The quantitative estimate of drug-likeness (QED) is 0.502. The number of nitrogens with zero attached hydrogens (tertiary/aromatic N) is 1. The van der Waals surface area contributed by atoms with E-state index in [4.69, 9.17) is 9.47 Å². The summed E-state index contributed by atoms with van der Waals surface area (Å²) in [5.41, 5.74) is 0.430. The Labute approximate surface area is 204 Å². The van der Waals surface area contributed by atoms with Crippen molar-refractivity contribution in [2.75, 3.05) is 32.8 Å². The second-order valence-corrected chi connectivity index (χ2v) is 9.89. The van der Waals surface area contributed by atoms with E-state index in [9.17, 15) is 14.3 Å². The van der Waals surface area contributed by atoms with Crippen LogP contribution in [0.5, 0.6) is 11.5 Å². The van der Waals surface area contributed by atoms with Gasteiger partial charge in [0.1, 0.15) is 25.1 Å². The summed E-state index contributed by atoms with van der Waals surface area (Å²) in [5, 5.41) is 13.9. The van der Waals surface area contributed by atoms with E-state index in [0.29, 0.717) is 40.4 Å². The average molecular weight is 507 g/mol. The van der Waals surface area contributed by atoms with Crippen LogP contribution in [0.4, 0.5) is 13.2 Å². The van der Waals surface area contributed by atoms with Gasteiger partial charge in [-0.25, -0.2) is 4.39 Å². The van der Waals surface area contributed by atoms with Gasteiger partial charge in [-0.3, -0.25) is 4.79 Å². The van der Waals surface area contributed by atoms with Crippen LogP contribution in [0.3, 0.4) is 0 Å². The topological polar surface area (TPSA) is 71.0 Å². The lowest BCUT2D eigenvalue weighted by molar-refractivity contribution is -0.148. The van der Waals surface area contributed by atoms with E-state index in [1.807, 2.05) is 4.90 Å². The SMILES string of the molecule is O=C(NC(CN1CCCC1)C(O)c1ccc2c(c1)OCCO2)C(F)(F)c1cc2cc(F)ccc2s1. The molecule has 5 rings (SSSR count). The van der Waals surface area contributed by atoms with Crippen molar-refractivity contribution in [1.29, 1.82) is 0 Å². The van der Waals surface area contributed by atoms with Gasteiger partial charge in [-0.05, 0) is 73.3 Å². The highest BCUT2D eigenvalue weighted by Gasteiger charge is 2.44. The summed E-state index contributed by atoms with van der Waals surface area (Å²) in [7, 11) is 0. The van der Waals surface area contributed by atoms with Crippen molar-refractivity contribution in [3.63, 3.8) is 0 Å². The Morgan fingerprint density at radius 3 is 2.60 bits per heavy atom. The van der Waals surface area contributed by atoms with Crippen LogP contribution in [0.2, 0.25) is 0 Å². The highest BCUT2D eigenvalue weighted by molar-refractivity contribution is 7.19. The molecule has 2 N–H and O–H groups in total. The van der Waals surface area contributed by atoms with Gasteiger partial charge in [0.05, 0.1) is 10.9 Å². The Morgan fingerprint density at radius 1 is 1.09 bits per heavy atom. The number of carbonyl (C=O) groups is 1. The maximum Gasteiger partial charge on any atom is 0.358 e. The molecule has 2 aliphatic heterocycles. The Kier molecular flexibility index (Phi) is 6.61. The highest BCUT2D eigenvalue weighted by Crippen LogP contribution is 2.38. The number of hydrogen-bond acceptors (Lipinski definition) is 6. The van der Waals surface area contributed by atoms with Gasteiger partial charge in [0.25, 0.3) is 5.91 Å². The van der Waals surface area contributed by atoms with Crippen molar-refractivity contribution in [3.05, 3.63) is 58.7 Å². The van der Waals surface area contributed by atoms with E-state index in [1.54, 1.807) is 18.2 Å². The Balaban J connectivity index is 1.39. The van der Waals surface area contributed by atoms with E-state index in [1.165, 1.54) is 12.1 Å². The third-order valence-electron chi connectivity index (χ3n) is 6.33. The second-order valence-electron chi connectivity index (χ2n) is 8.80. The predicted molar refractivity (Wildman–Crippen MR) is 126 cm³/mol. The van der Waals surface area contributed by atoms with E-state index in [2.05, 4.69) is 5.32 Å². The molecule has 3 heterocycles. The molecule has 2 unspecified atom stereocenters. The first-order chi connectivity index (χ1) is 16.8. The molecule has 0 aliphatic carbocycles. The van der Waals surface area contributed by atoms with Crippen molar-refractivity contribution < 1.29 is 32.5 Å². The van der Waals surface area contributed by atoms with Crippen molar-refractivity contribution in [1.82, 2.24) is 10.2 Å². The molecule has 0 saturated carbocycles. The Bertz CT molecular complexity index is 1230. The molecule has 0 bridgehead atoms. The summed E-state index contributed by atoms with van der Waals surface area (Å²) < 4.78 is 55.5. The molecule has 10 heteroatoms. The maximum absolute atomic E-state index is 15.2. The van der Waals surface area contributed by atoms with Crippen LogP contribution in [0.1, 0.15) is 29.4 Å². The molecule has 2 atom stereocenters. The molecule has 35 heavy (non-hydrogen) atoms. The fourth-order valence-corrected chi connectivity index (χ4v) is 5.50. The van der Waals surface area contributed by atoms with E-state index in [-0.39, 0.29) is 6.54 Å². The summed E-state index contributed by atoms with van der Waals surface area (Å²) in [6, 6.07) is 8.82. The van der Waals surface area contributed by atoms with Gasteiger partial charge < -0.3 is 24.8 Å². The van der Waals surface area contributed by atoms with Crippen LogP contribution in [-0.4, -0.2) is 54.8 Å². The van der Waals surface area contributed by atoms with Crippen molar-refractivity contribution in [2.24, 2.45) is 0 Å². The molecule has 1 amide bonds. The number of alkyl halides is 2. The number of aliphatic hydroxyl groups excluding tert-OH is 1. The minimum atomic E-state index is -3.85. The van der Waals surface area contributed by atoms with E-state index < -0.39 is 34.7 Å². The van der Waals surface area contributed by atoms with E-state index >= 15 is 8.78 Å². The number of benzene rings is 2. The van der Waals surface area contributed by atoms with Crippen LogP contribution in [0, 0.1) is 5.82 Å². The molecule has 6 nitrogen and oxygen atoms in total. The monoisotopic (exact) mass is 506 g/mol. The fraction of sp³-hybridized carbons (Fsp3) is 0.400. The first kappa shape index (κ1) is 23.9. The van der Waals surface area contributed by atoms with Gasteiger partial charge in [-0.1, -0.05) is 6.07 Å². The lowest BCUT2D eigenvalue weighted by atomic mass is 10.0. The van der Waals surface area contributed by atoms with Gasteiger partial charge in [0, 0.05) is 11.2 Å². The van der Waals surface area contributed by atoms with Crippen LogP contribution in [0.25, 0.3) is 10.1 Å². The van der Waals surface area contributed by atoms with Crippen LogP contribution < -0.4 is 14.8 Å². The van der Waals surface area contributed by atoms with Crippen LogP contribution >= 0.6 is 11.3 Å². The maximum atomic E-state index is 15.2. The number of hydrogen-bond donors (Lipinski definition) is 2. The molecule has 0 radical (unpaired) electrons. The Hall–Kier alpha value is -2.82. The first-order valence-electron chi connectivity index (χ1n) is 11.5. The molecular weight excluding hydrogens is 481 g/mol. The number of fused-ring (bicyclic) bond motifs is 2. The van der Waals surface area contributed by atoms with Crippen LogP contribution in [-0.2, 0) is 10.7 Å². The predicted octanol–water partition coefficient (Wildman–Crippen LogP) is 4.22. The van der Waals surface area contributed by atoms with Gasteiger partial charge >= 0.3 is 5.92 Å². The first-order valence-corrected chi connectivity index (χ1v) is 12.3. The molecule has 0 spiro atoms. The largest absolute Gasteiger partial charge is 0.486 e. The zero-order chi connectivity index (χ0) is 24.6. The zero-order valence-electron chi connectivity index (χ0n) is 18.8. The standard InChI is InChI=1S/C25H25F3N2O4S/c26-17-4-6-21-16(11-17)13-22(35-21)25(27,28)24(32)29-18(14-30-7-1-2-8-30)23(31)15-3-5-19-20(12-15)34-10-9-33-19/h3-6,11-13,18,23,31H,1-2,7-10,14H2,(H,29,32). The van der Waals surface area contributed by atoms with Gasteiger partial charge in [0.2, 0.25) is 0 Å². The third-order valence-corrected chi connectivity index (χ3v) is 7.52. The number of rotatable bonds is 7. The average Bonchev–Trinajstić information content (AvgIpc) is 3.52. The number of nitrogens with one attached hydrogen (secondary N) is 1. The summed E-state index contributed by atoms with van der Waals surface area (Å²) in [6.45, 7) is 2.53. The fourth-order valence-electron chi connectivity index (χ4n) is 4.48. The summed E-state index contributed by atoms with van der Waals surface area (Å²) in [5.74, 6) is -4.90. The number of aliphatic hydroxyl groups is 1. The molecule has 186 valence electrons. The van der Waals surface area contributed by atoms with Gasteiger partial charge in [0.15, 0.2) is 11.5 Å². The molecule has 1 fully saturated rings. The molecule has 1 saturated heterocycles. The number of carbonyl (C=O) groups excluding carboxylic acids is 1. The normalized spacial score (nSPS) is 17.9. The smallest absolute Gasteiger partial charge is 0.358 e. The zero-order valence-corrected chi connectivity index (χ0v) is 19.6. The molecular formula is C25H25F3N2O4S. The second kappa shape index (κ2) is 9.67. The number of ether oxygens (including phenoxy) is 2. The number of thiophene rings is 1. The number of likely N-dealkylation sites (tertiary alicyclic amines) is 1. The van der Waals surface area contributed by atoms with E-state index in [0.717, 1.165) is 49.4 Å². The molecule has 2 aromatic carbocycles. The third kappa shape index (κ3) is 4.96. The molecule has 1 aromatic heterocycles. The number of amides is 1. The minimum absolute atomic E-state index is 0.217. The Morgan fingerprint density at radius 2 is 1.83 bits per heavy atom. The summed E-state index contributed by atoms with van der Waals surface area (Å²) in [6.07, 6.45) is 0.688. The van der Waals surface area contributed by atoms with Gasteiger partial charge in [-0.15, -0.1) is 11.3 Å². The van der Waals surface area contributed by atoms with Crippen molar-refractivity contribution in [3.8, 4) is 11.5 Å². The van der Waals surface area contributed by atoms with Gasteiger partial charge in [-0.2, -0.15) is 8.78 Å². The van der Waals surface area contributed by atoms with Crippen LogP contribution in [0.15, 0.2) is 42.5 Å². The molecule has 3 aromatic rings. The summed E-state index contributed by atoms with van der Waals surface area (Å²) in [4.78, 5) is 14.4. The lowest BCUT2D eigenvalue weighted by Crippen LogP contribution is -2.50. The summed E-state index contributed by atoms with van der Waals surface area (Å²) >= 11 is 0.741. The van der Waals surface area contributed by atoms with Crippen molar-refractivity contribution >= 4 is 27.3 Å². The highest BCUT2D eigenvalue weighted by atomic mass is 32.1. The van der Waals surface area contributed by atoms with Crippen molar-refractivity contribution in [2.45, 2.75) is 30.9 Å². The molecule has 2 aliphatic rings.